The third-order valence-corrected chi connectivity index (χ3v) is 6.38. The first-order chi connectivity index (χ1) is 9.11. The molecule has 0 radical (unpaired) electrons. The summed E-state index contributed by atoms with van der Waals surface area (Å²) < 4.78 is 4.97. The topological polar surface area (TPSA) is 52.1 Å². The zero-order valence-electron chi connectivity index (χ0n) is 11.3. The predicted octanol–water partition coefficient (Wildman–Crippen LogP) is 2.95. The first-order valence-electron chi connectivity index (χ1n) is 6.39. The van der Waals surface area contributed by atoms with Crippen molar-refractivity contribution in [2.75, 3.05) is 12.4 Å². The Bertz CT molecular complexity index is 456. The second-order valence-corrected chi connectivity index (χ2v) is 7.38. The first kappa shape index (κ1) is 14.7. The fourth-order valence-electron chi connectivity index (χ4n) is 1.77. The van der Waals surface area contributed by atoms with Crippen molar-refractivity contribution in [1.82, 2.24) is 9.97 Å². The SMILES string of the molecule is CCOC(=O)c1ccnc(C2CSC(C)C(C)S2)n1. The maximum absolute atomic E-state index is 11.7. The Kier molecular flexibility index (Phi) is 5.10. The fraction of sp³-hybridized carbons (Fsp3) is 0.615. The third kappa shape index (κ3) is 3.63. The van der Waals surface area contributed by atoms with Gasteiger partial charge in [0.15, 0.2) is 5.69 Å². The van der Waals surface area contributed by atoms with E-state index in [2.05, 4.69) is 23.8 Å². The quantitative estimate of drug-likeness (QED) is 0.800. The van der Waals surface area contributed by atoms with E-state index >= 15 is 0 Å². The average Bonchev–Trinajstić information content (AvgIpc) is 2.42. The summed E-state index contributed by atoms with van der Waals surface area (Å²) in [6, 6.07) is 1.61. The lowest BCUT2D eigenvalue weighted by Crippen LogP contribution is -2.23. The molecule has 1 fully saturated rings. The molecule has 0 aromatic carbocycles. The molecule has 0 spiro atoms. The number of esters is 1. The van der Waals surface area contributed by atoms with Crippen molar-refractivity contribution in [3.63, 3.8) is 0 Å². The highest BCUT2D eigenvalue weighted by Crippen LogP contribution is 2.43. The lowest BCUT2D eigenvalue weighted by atomic mass is 10.3. The lowest BCUT2D eigenvalue weighted by molar-refractivity contribution is 0.0519. The molecule has 2 rings (SSSR count). The van der Waals surface area contributed by atoms with Crippen LogP contribution >= 0.6 is 23.5 Å². The van der Waals surface area contributed by atoms with Gasteiger partial charge in [-0.05, 0) is 13.0 Å². The van der Waals surface area contributed by atoms with Crippen LogP contribution in [0.15, 0.2) is 12.3 Å². The molecule has 1 saturated heterocycles. The van der Waals surface area contributed by atoms with Crippen LogP contribution in [0.3, 0.4) is 0 Å². The number of carbonyl (C=O) groups excluding carboxylic acids is 1. The molecule has 0 aliphatic carbocycles. The van der Waals surface area contributed by atoms with Crippen molar-refractivity contribution in [3.05, 3.63) is 23.8 Å². The monoisotopic (exact) mass is 298 g/mol. The van der Waals surface area contributed by atoms with Crippen molar-refractivity contribution in [1.29, 1.82) is 0 Å². The van der Waals surface area contributed by atoms with Crippen LogP contribution < -0.4 is 0 Å². The molecule has 0 N–H and O–H groups in total. The summed E-state index contributed by atoms with van der Waals surface area (Å²) in [6.07, 6.45) is 1.64. The van der Waals surface area contributed by atoms with Crippen LogP contribution in [0.2, 0.25) is 0 Å². The minimum Gasteiger partial charge on any atom is -0.461 e. The van der Waals surface area contributed by atoms with Gasteiger partial charge >= 0.3 is 5.97 Å². The van der Waals surface area contributed by atoms with Gasteiger partial charge in [0.05, 0.1) is 11.9 Å². The standard InChI is InChI=1S/C13H18N2O2S2/c1-4-17-13(16)10-5-6-14-12(15-10)11-7-18-8(2)9(3)19-11/h5-6,8-9,11H,4,7H2,1-3H3. The fourth-order valence-corrected chi connectivity index (χ4v) is 4.62. The van der Waals surface area contributed by atoms with E-state index in [1.54, 1.807) is 19.2 Å². The third-order valence-electron chi connectivity index (χ3n) is 3.00. The highest BCUT2D eigenvalue weighted by atomic mass is 32.2. The number of ether oxygens (including phenoxy) is 1. The smallest absolute Gasteiger partial charge is 0.357 e. The van der Waals surface area contributed by atoms with Gasteiger partial charge in [0.2, 0.25) is 0 Å². The van der Waals surface area contributed by atoms with Gasteiger partial charge in [-0.15, -0.1) is 11.8 Å². The highest BCUT2D eigenvalue weighted by molar-refractivity contribution is 8.07. The molecule has 1 aliphatic heterocycles. The van der Waals surface area contributed by atoms with Gasteiger partial charge in [-0.2, -0.15) is 11.8 Å². The van der Waals surface area contributed by atoms with Gasteiger partial charge in [-0.3, -0.25) is 0 Å². The maximum Gasteiger partial charge on any atom is 0.357 e. The molecule has 0 bridgehead atoms. The van der Waals surface area contributed by atoms with Gasteiger partial charge in [0.1, 0.15) is 5.82 Å². The molecule has 104 valence electrons. The number of hydrogen-bond donors (Lipinski definition) is 0. The Morgan fingerprint density at radius 2 is 2.26 bits per heavy atom. The van der Waals surface area contributed by atoms with Crippen LogP contribution in [-0.4, -0.2) is 38.8 Å². The van der Waals surface area contributed by atoms with Crippen LogP contribution in [0.5, 0.6) is 0 Å². The first-order valence-corrected chi connectivity index (χ1v) is 8.38. The van der Waals surface area contributed by atoms with Crippen molar-refractivity contribution in [3.8, 4) is 0 Å². The summed E-state index contributed by atoms with van der Waals surface area (Å²) in [6.45, 7) is 6.62. The summed E-state index contributed by atoms with van der Waals surface area (Å²) in [7, 11) is 0. The van der Waals surface area contributed by atoms with E-state index in [1.165, 1.54) is 0 Å². The number of carbonyl (C=O) groups is 1. The molecule has 3 unspecified atom stereocenters. The van der Waals surface area contributed by atoms with Gasteiger partial charge in [-0.25, -0.2) is 14.8 Å². The van der Waals surface area contributed by atoms with Crippen LogP contribution in [-0.2, 0) is 4.74 Å². The van der Waals surface area contributed by atoms with Gasteiger partial charge in [-0.1, -0.05) is 13.8 Å². The van der Waals surface area contributed by atoms with Crippen LogP contribution in [0.4, 0.5) is 0 Å². The Labute approximate surface area is 122 Å². The number of aromatic nitrogens is 2. The minimum absolute atomic E-state index is 0.255. The molecule has 3 atom stereocenters. The number of nitrogens with zero attached hydrogens (tertiary/aromatic N) is 2. The van der Waals surface area contributed by atoms with E-state index in [9.17, 15) is 4.79 Å². The predicted molar refractivity (Wildman–Crippen MR) is 79.7 cm³/mol. The van der Waals surface area contributed by atoms with Gasteiger partial charge in [0.25, 0.3) is 0 Å². The number of rotatable bonds is 3. The highest BCUT2D eigenvalue weighted by Gasteiger charge is 2.28. The van der Waals surface area contributed by atoms with Crippen molar-refractivity contribution >= 4 is 29.5 Å². The van der Waals surface area contributed by atoms with E-state index in [0.29, 0.717) is 22.8 Å². The molecular weight excluding hydrogens is 280 g/mol. The zero-order chi connectivity index (χ0) is 13.8. The molecule has 1 aromatic rings. The second kappa shape index (κ2) is 6.61. The lowest BCUT2D eigenvalue weighted by Gasteiger charge is -2.30. The van der Waals surface area contributed by atoms with Crippen molar-refractivity contribution in [2.24, 2.45) is 0 Å². The van der Waals surface area contributed by atoms with Crippen LogP contribution in [0, 0.1) is 0 Å². The van der Waals surface area contributed by atoms with Crippen LogP contribution in [0.1, 0.15) is 42.3 Å². The Balaban J connectivity index is 2.12. The van der Waals surface area contributed by atoms with Crippen LogP contribution in [0.25, 0.3) is 0 Å². The normalized spacial score (nSPS) is 27.0. The largest absolute Gasteiger partial charge is 0.461 e. The van der Waals surface area contributed by atoms with E-state index < -0.39 is 0 Å². The number of hydrogen-bond acceptors (Lipinski definition) is 6. The molecule has 0 amide bonds. The summed E-state index contributed by atoms with van der Waals surface area (Å²) in [5, 5.41) is 1.47. The molecular formula is C13H18N2O2S2. The molecule has 1 aliphatic rings. The van der Waals surface area contributed by atoms with E-state index in [1.807, 2.05) is 23.5 Å². The van der Waals surface area contributed by atoms with E-state index in [0.717, 1.165) is 11.6 Å². The molecule has 0 saturated carbocycles. The summed E-state index contributed by atoms with van der Waals surface area (Å²) in [5.74, 6) is 1.35. The second-order valence-electron chi connectivity index (χ2n) is 4.39. The van der Waals surface area contributed by atoms with Crippen molar-refractivity contribution < 1.29 is 9.53 Å². The number of thioether (sulfide) groups is 2. The zero-order valence-corrected chi connectivity index (χ0v) is 13.0. The molecule has 1 aromatic heterocycles. The molecule has 19 heavy (non-hydrogen) atoms. The Morgan fingerprint density at radius 1 is 1.47 bits per heavy atom. The Hall–Kier alpha value is -0.750. The van der Waals surface area contributed by atoms with E-state index in [4.69, 9.17) is 4.74 Å². The summed E-state index contributed by atoms with van der Waals surface area (Å²) in [4.78, 5) is 20.3. The van der Waals surface area contributed by atoms with E-state index in [-0.39, 0.29) is 11.2 Å². The average molecular weight is 298 g/mol. The van der Waals surface area contributed by atoms with Gasteiger partial charge < -0.3 is 4.74 Å². The minimum atomic E-state index is -0.374. The molecule has 2 heterocycles. The molecule has 4 nitrogen and oxygen atoms in total. The maximum atomic E-state index is 11.7. The summed E-state index contributed by atoms with van der Waals surface area (Å²) in [5.41, 5.74) is 0.351. The van der Waals surface area contributed by atoms with Gasteiger partial charge in [0, 0.05) is 22.4 Å². The Morgan fingerprint density at radius 3 is 2.95 bits per heavy atom. The molecule has 6 heteroatoms. The van der Waals surface area contributed by atoms with Crippen molar-refractivity contribution in [2.45, 2.75) is 36.5 Å². The summed E-state index contributed by atoms with van der Waals surface area (Å²) >= 11 is 3.82.